The van der Waals surface area contributed by atoms with Gasteiger partial charge in [0.1, 0.15) is 5.75 Å². The van der Waals surface area contributed by atoms with E-state index in [1.54, 1.807) is 7.11 Å². The number of ether oxygens (including phenoxy) is 1. The lowest BCUT2D eigenvalue weighted by Crippen LogP contribution is -2.09. The van der Waals surface area contributed by atoms with Crippen LogP contribution in [0.15, 0.2) is 18.2 Å². The summed E-state index contributed by atoms with van der Waals surface area (Å²) in [4.78, 5) is 0. The number of hydrogen-bond acceptors (Lipinski definition) is 3. The Morgan fingerprint density at radius 2 is 2.21 bits per heavy atom. The van der Waals surface area contributed by atoms with Crippen LogP contribution in [0.4, 0.5) is 5.69 Å². The van der Waals surface area contributed by atoms with Crippen LogP contribution in [-0.4, -0.2) is 20.7 Å². The van der Waals surface area contributed by atoms with Gasteiger partial charge >= 0.3 is 0 Å². The zero-order valence-electron chi connectivity index (χ0n) is 8.84. The number of methoxy groups -OCH3 is 1. The van der Waals surface area contributed by atoms with Gasteiger partial charge in [0, 0.05) is 0 Å². The van der Waals surface area contributed by atoms with Gasteiger partial charge in [0.25, 0.3) is 0 Å². The van der Waals surface area contributed by atoms with E-state index in [1.165, 1.54) is 5.56 Å². The number of anilines is 1. The first-order valence-corrected chi connectivity index (χ1v) is 4.85. The van der Waals surface area contributed by atoms with Crippen molar-refractivity contribution in [2.45, 2.75) is 12.8 Å². The summed E-state index contributed by atoms with van der Waals surface area (Å²) in [5.41, 5.74) is 7.87. The fourth-order valence-electron chi connectivity index (χ4n) is 1.44. The highest BCUT2D eigenvalue weighted by Crippen LogP contribution is 2.25. The van der Waals surface area contributed by atoms with Gasteiger partial charge in [-0.05, 0) is 38.1 Å². The lowest BCUT2D eigenvalue weighted by molar-refractivity contribution is 0.416. The van der Waals surface area contributed by atoms with E-state index in [-0.39, 0.29) is 0 Å². The minimum Gasteiger partial charge on any atom is -0.495 e. The average molecular weight is 194 g/mol. The number of benzene rings is 1. The van der Waals surface area contributed by atoms with Crippen LogP contribution < -0.4 is 15.8 Å². The van der Waals surface area contributed by atoms with Crippen LogP contribution in [0.5, 0.6) is 5.75 Å². The molecule has 1 aromatic carbocycles. The van der Waals surface area contributed by atoms with Gasteiger partial charge in [-0.1, -0.05) is 12.1 Å². The summed E-state index contributed by atoms with van der Waals surface area (Å²) in [6, 6.07) is 5.91. The molecule has 3 nitrogen and oxygen atoms in total. The second-order valence-electron chi connectivity index (χ2n) is 3.24. The molecule has 0 aliphatic carbocycles. The molecule has 3 heteroatoms. The van der Waals surface area contributed by atoms with Crippen LogP contribution in [0.1, 0.15) is 12.0 Å². The number of nitrogens with two attached hydrogens (primary N) is 1. The van der Waals surface area contributed by atoms with Crippen LogP contribution in [0.2, 0.25) is 0 Å². The third kappa shape index (κ3) is 2.64. The Bertz CT molecular complexity index is 287. The van der Waals surface area contributed by atoms with Crippen molar-refractivity contribution >= 4 is 5.69 Å². The molecule has 0 bridgehead atoms. The van der Waals surface area contributed by atoms with Crippen LogP contribution >= 0.6 is 0 Å². The fourth-order valence-corrected chi connectivity index (χ4v) is 1.44. The minimum absolute atomic E-state index is 0.770. The number of nitrogens with one attached hydrogen (secondary N) is 1. The standard InChI is InChI=1S/C11H18N2O/c1-13-8-4-6-9-5-3-7-10(14-2)11(9)12/h3,5,7,13H,4,6,8,12H2,1-2H3. The van der Waals surface area contributed by atoms with Gasteiger partial charge < -0.3 is 15.8 Å². The molecule has 0 aliphatic rings. The van der Waals surface area contributed by atoms with Gasteiger partial charge in [0.2, 0.25) is 0 Å². The van der Waals surface area contributed by atoms with E-state index < -0.39 is 0 Å². The van der Waals surface area contributed by atoms with E-state index >= 15 is 0 Å². The molecule has 0 saturated carbocycles. The molecule has 0 heterocycles. The first-order chi connectivity index (χ1) is 6.79. The summed E-state index contributed by atoms with van der Waals surface area (Å²) in [7, 11) is 3.60. The van der Waals surface area contributed by atoms with Crippen LogP contribution in [0.25, 0.3) is 0 Å². The van der Waals surface area contributed by atoms with Crippen molar-refractivity contribution in [1.82, 2.24) is 5.32 Å². The van der Waals surface area contributed by atoms with Gasteiger partial charge in [-0.2, -0.15) is 0 Å². The van der Waals surface area contributed by atoms with Crippen LogP contribution in [0.3, 0.4) is 0 Å². The molecule has 0 fully saturated rings. The zero-order chi connectivity index (χ0) is 10.4. The van der Waals surface area contributed by atoms with Crippen molar-refractivity contribution in [3.8, 4) is 5.75 Å². The third-order valence-corrected chi connectivity index (χ3v) is 2.25. The molecule has 0 aliphatic heterocycles. The zero-order valence-corrected chi connectivity index (χ0v) is 8.84. The highest BCUT2D eigenvalue weighted by atomic mass is 16.5. The molecule has 78 valence electrons. The Kier molecular flexibility index (Phi) is 4.26. The molecule has 0 spiro atoms. The molecule has 1 rings (SSSR count). The molecule has 0 amide bonds. The molecule has 0 saturated heterocycles. The molecule has 0 atom stereocenters. The molecule has 3 N–H and O–H groups in total. The number of para-hydroxylation sites is 1. The molecular weight excluding hydrogens is 176 g/mol. The first kappa shape index (κ1) is 10.9. The largest absolute Gasteiger partial charge is 0.495 e. The topological polar surface area (TPSA) is 47.3 Å². The second kappa shape index (κ2) is 5.50. The summed E-state index contributed by atoms with van der Waals surface area (Å²) in [5.74, 6) is 0.770. The monoisotopic (exact) mass is 194 g/mol. The summed E-state index contributed by atoms with van der Waals surface area (Å²) in [6.45, 7) is 1.01. The Hall–Kier alpha value is -1.22. The van der Waals surface area contributed by atoms with Crippen molar-refractivity contribution in [3.63, 3.8) is 0 Å². The van der Waals surface area contributed by atoms with Crippen LogP contribution in [-0.2, 0) is 6.42 Å². The van der Waals surface area contributed by atoms with Gasteiger partial charge in [-0.25, -0.2) is 0 Å². The summed E-state index contributed by atoms with van der Waals surface area (Å²) in [6.07, 6.45) is 2.08. The van der Waals surface area contributed by atoms with Gasteiger partial charge in [-0.15, -0.1) is 0 Å². The minimum atomic E-state index is 0.770. The number of rotatable bonds is 5. The highest BCUT2D eigenvalue weighted by molar-refractivity contribution is 5.58. The Labute approximate surface area is 85.3 Å². The Morgan fingerprint density at radius 3 is 2.86 bits per heavy atom. The number of aryl methyl sites for hydroxylation is 1. The maximum Gasteiger partial charge on any atom is 0.142 e. The summed E-state index contributed by atoms with van der Waals surface area (Å²) in [5, 5.41) is 3.11. The maximum atomic E-state index is 5.93. The normalized spacial score (nSPS) is 10.1. The predicted octanol–water partition coefficient (Wildman–Crippen LogP) is 1.43. The fraction of sp³-hybridized carbons (Fsp3) is 0.455. The summed E-state index contributed by atoms with van der Waals surface area (Å²) < 4.78 is 5.15. The van der Waals surface area contributed by atoms with E-state index in [4.69, 9.17) is 10.5 Å². The van der Waals surface area contributed by atoms with Crippen molar-refractivity contribution in [3.05, 3.63) is 23.8 Å². The van der Waals surface area contributed by atoms with Crippen molar-refractivity contribution in [2.75, 3.05) is 26.4 Å². The SMILES string of the molecule is CNCCCc1cccc(OC)c1N. The van der Waals surface area contributed by atoms with Crippen molar-refractivity contribution < 1.29 is 4.74 Å². The van der Waals surface area contributed by atoms with E-state index in [2.05, 4.69) is 5.32 Å². The highest BCUT2D eigenvalue weighted by Gasteiger charge is 2.03. The van der Waals surface area contributed by atoms with Crippen molar-refractivity contribution in [2.24, 2.45) is 0 Å². The van der Waals surface area contributed by atoms with Gasteiger partial charge in [0.15, 0.2) is 0 Å². The first-order valence-electron chi connectivity index (χ1n) is 4.85. The smallest absolute Gasteiger partial charge is 0.142 e. The van der Waals surface area contributed by atoms with Gasteiger partial charge in [0.05, 0.1) is 12.8 Å². The second-order valence-corrected chi connectivity index (χ2v) is 3.24. The van der Waals surface area contributed by atoms with Crippen molar-refractivity contribution in [1.29, 1.82) is 0 Å². The lowest BCUT2D eigenvalue weighted by Gasteiger charge is -2.09. The quantitative estimate of drug-likeness (QED) is 0.550. The van der Waals surface area contributed by atoms with Crippen LogP contribution in [0, 0.1) is 0 Å². The molecule has 0 aromatic heterocycles. The molecular formula is C11H18N2O. The third-order valence-electron chi connectivity index (χ3n) is 2.25. The predicted molar refractivity (Wildman–Crippen MR) is 59.7 cm³/mol. The van der Waals surface area contributed by atoms with E-state index in [9.17, 15) is 0 Å². The maximum absolute atomic E-state index is 5.93. The molecule has 0 radical (unpaired) electrons. The molecule has 1 aromatic rings. The van der Waals surface area contributed by atoms with E-state index in [0.29, 0.717) is 0 Å². The molecule has 14 heavy (non-hydrogen) atoms. The average Bonchev–Trinajstić information content (AvgIpc) is 2.21. The molecule has 0 unspecified atom stereocenters. The summed E-state index contributed by atoms with van der Waals surface area (Å²) >= 11 is 0. The number of nitrogen functional groups attached to an aromatic ring is 1. The number of hydrogen-bond donors (Lipinski definition) is 2. The lowest BCUT2D eigenvalue weighted by atomic mass is 10.1. The Balaban J connectivity index is 2.66. The van der Waals surface area contributed by atoms with E-state index in [0.717, 1.165) is 30.8 Å². The Morgan fingerprint density at radius 1 is 1.43 bits per heavy atom. The van der Waals surface area contributed by atoms with E-state index in [1.807, 2.05) is 25.2 Å². The van der Waals surface area contributed by atoms with Gasteiger partial charge in [-0.3, -0.25) is 0 Å².